The summed E-state index contributed by atoms with van der Waals surface area (Å²) >= 11 is 5.91. The molecule has 0 aliphatic rings. The second kappa shape index (κ2) is 7.04. The minimum Gasteiger partial charge on any atom is -0.334 e. The number of hydrogen-bond donors (Lipinski definition) is 0. The lowest BCUT2D eigenvalue weighted by Crippen LogP contribution is -2.36. The number of nitrogens with zero attached hydrogens (tertiary/aromatic N) is 3. The molecule has 0 saturated carbocycles. The molecule has 1 heterocycles. The molecule has 22 heavy (non-hydrogen) atoms. The van der Waals surface area contributed by atoms with Gasteiger partial charge >= 0.3 is 0 Å². The average molecular weight is 318 g/mol. The largest absolute Gasteiger partial charge is 0.334 e. The molecule has 0 atom stereocenters. The fourth-order valence-corrected chi connectivity index (χ4v) is 2.25. The number of amides is 1. The molecule has 1 amide bonds. The van der Waals surface area contributed by atoms with Crippen LogP contribution in [0, 0.1) is 0 Å². The summed E-state index contributed by atoms with van der Waals surface area (Å²) in [6.45, 7) is 7.94. The second-order valence-corrected chi connectivity index (χ2v) is 5.15. The van der Waals surface area contributed by atoms with E-state index in [9.17, 15) is 9.59 Å². The first-order valence-electron chi connectivity index (χ1n) is 6.71. The highest BCUT2D eigenvalue weighted by atomic mass is 35.5. The van der Waals surface area contributed by atoms with Crippen LogP contribution in [0.25, 0.3) is 10.9 Å². The topological polar surface area (TPSA) is 55.2 Å². The van der Waals surface area contributed by atoms with Gasteiger partial charge in [0.1, 0.15) is 6.54 Å². The number of carbonyl (C=O) groups excluding carboxylic acids is 1. The third kappa shape index (κ3) is 3.43. The van der Waals surface area contributed by atoms with Gasteiger partial charge in [-0.1, -0.05) is 23.8 Å². The van der Waals surface area contributed by atoms with Crippen molar-refractivity contribution in [2.75, 3.05) is 13.1 Å². The molecule has 5 nitrogen and oxygen atoms in total. The highest BCUT2D eigenvalue weighted by Crippen LogP contribution is 2.14. The fraction of sp³-hybridized carbons (Fsp3) is 0.188. The number of hydrogen-bond acceptors (Lipinski definition) is 3. The standard InChI is InChI=1S/C16H16ClN3O2/c1-3-7-19(8-4-2)15(21)10-20-11-18-14-6-5-12(17)9-13(14)16(20)22/h3-6,9,11H,1-2,7-8,10H2. The van der Waals surface area contributed by atoms with E-state index in [4.69, 9.17) is 11.6 Å². The van der Waals surface area contributed by atoms with Crippen molar-refractivity contribution >= 4 is 28.4 Å². The highest BCUT2D eigenvalue weighted by Gasteiger charge is 2.13. The Morgan fingerprint density at radius 3 is 2.64 bits per heavy atom. The maximum Gasteiger partial charge on any atom is 0.261 e. The maximum absolute atomic E-state index is 12.4. The average Bonchev–Trinajstić information content (AvgIpc) is 2.50. The van der Waals surface area contributed by atoms with Gasteiger partial charge in [-0.05, 0) is 18.2 Å². The molecular weight excluding hydrogens is 302 g/mol. The van der Waals surface area contributed by atoms with Crippen LogP contribution < -0.4 is 5.56 Å². The predicted molar refractivity (Wildman–Crippen MR) is 88.0 cm³/mol. The molecule has 0 unspecified atom stereocenters. The van der Waals surface area contributed by atoms with E-state index in [-0.39, 0.29) is 18.0 Å². The summed E-state index contributed by atoms with van der Waals surface area (Å²) in [7, 11) is 0. The maximum atomic E-state index is 12.4. The monoisotopic (exact) mass is 317 g/mol. The molecule has 0 radical (unpaired) electrons. The van der Waals surface area contributed by atoms with Crippen LogP contribution in [0.3, 0.4) is 0 Å². The first-order chi connectivity index (χ1) is 10.6. The lowest BCUT2D eigenvalue weighted by Gasteiger charge is -2.19. The first kappa shape index (κ1) is 16.0. The Hall–Kier alpha value is -2.40. The van der Waals surface area contributed by atoms with Gasteiger partial charge in [-0.25, -0.2) is 4.98 Å². The Morgan fingerprint density at radius 2 is 2.00 bits per heavy atom. The van der Waals surface area contributed by atoms with Gasteiger partial charge in [0, 0.05) is 18.1 Å². The summed E-state index contributed by atoms with van der Waals surface area (Å²) in [5.41, 5.74) is 0.255. The summed E-state index contributed by atoms with van der Waals surface area (Å²) in [6.07, 6.45) is 4.63. The molecule has 0 aliphatic carbocycles. The second-order valence-electron chi connectivity index (χ2n) is 4.72. The summed E-state index contributed by atoms with van der Waals surface area (Å²) < 4.78 is 1.28. The molecule has 6 heteroatoms. The normalized spacial score (nSPS) is 10.4. The molecule has 1 aromatic carbocycles. The van der Waals surface area contributed by atoms with Crippen LogP contribution in [0.15, 0.2) is 54.6 Å². The molecule has 0 N–H and O–H groups in total. The zero-order chi connectivity index (χ0) is 16.1. The van der Waals surface area contributed by atoms with Crippen LogP contribution >= 0.6 is 11.6 Å². The Bertz CT molecular complexity index is 773. The van der Waals surface area contributed by atoms with E-state index >= 15 is 0 Å². The van der Waals surface area contributed by atoms with Gasteiger partial charge < -0.3 is 4.90 Å². The lowest BCUT2D eigenvalue weighted by molar-refractivity contribution is -0.130. The number of fused-ring (bicyclic) bond motifs is 1. The van der Waals surface area contributed by atoms with E-state index in [0.29, 0.717) is 29.0 Å². The molecule has 1 aromatic heterocycles. The minimum atomic E-state index is -0.294. The molecule has 0 saturated heterocycles. The van der Waals surface area contributed by atoms with Crippen molar-refractivity contribution in [1.29, 1.82) is 0 Å². The van der Waals surface area contributed by atoms with Crippen molar-refractivity contribution in [2.24, 2.45) is 0 Å². The molecule has 114 valence electrons. The molecule has 0 fully saturated rings. The highest BCUT2D eigenvalue weighted by molar-refractivity contribution is 6.31. The van der Waals surface area contributed by atoms with Crippen molar-refractivity contribution in [3.63, 3.8) is 0 Å². The van der Waals surface area contributed by atoms with Gasteiger partial charge in [-0.3, -0.25) is 14.2 Å². The number of halogens is 1. The van der Waals surface area contributed by atoms with Crippen molar-refractivity contribution in [3.05, 3.63) is 65.2 Å². The molecule has 2 rings (SSSR count). The lowest BCUT2D eigenvalue weighted by atomic mass is 10.2. The molecule has 2 aromatic rings. The Kier molecular flexibility index (Phi) is 5.12. The van der Waals surface area contributed by atoms with E-state index in [2.05, 4.69) is 18.1 Å². The molecule has 0 spiro atoms. The van der Waals surface area contributed by atoms with E-state index in [1.54, 1.807) is 35.3 Å². The van der Waals surface area contributed by atoms with Gasteiger partial charge in [-0.2, -0.15) is 0 Å². The SMILES string of the molecule is C=CCN(CC=C)C(=O)Cn1cnc2ccc(Cl)cc2c1=O. The smallest absolute Gasteiger partial charge is 0.261 e. The zero-order valence-electron chi connectivity index (χ0n) is 12.0. The van der Waals surface area contributed by atoms with Crippen LogP contribution in [0.5, 0.6) is 0 Å². The quantitative estimate of drug-likeness (QED) is 0.768. The van der Waals surface area contributed by atoms with E-state index in [1.807, 2.05) is 0 Å². The third-order valence-electron chi connectivity index (χ3n) is 3.14. The number of rotatable bonds is 6. The first-order valence-corrected chi connectivity index (χ1v) is 7.09. The summed E-state index contributed by atoms with van der Waals surface area (Å²) in [5, 5.41) is 0.845. The molecule has 0 aliphatic heterocycles. The predicted octanol–water partition coefficient (Wildman–Crippen LogP) is 2.25. The van der Waals surface area contributed by atoms with Crippen molar-refractivity contribution in [1.82, 2.24) is 14.5 Å². The van der Waals surface area contributed by atoms with Gasteiger partial charge in [0.05, 0.1) is 17.2 Å². The Balaban J connectivity index is 2.33. The Morgan fingerprint density at radius 1 is 1.32 bits per heavy atom. The summed E-state index contributed by atoms with van der Waals surface area (Å²) in [6, 6.07) is 4.90. The third-order valence-corrected chi connectivity index (χ3v) is 3.38. The summed E-state index contributed by atoms with van der Waals surface area (Å²) in [5.74, 6) is -0.204. The van der Waals surface area contributed by atoms with Crippen LogP contribution in [0.2, 0.25) is 5.02 Å². The van der Waals surface area contributed by atoms with Crippen molar-refractivity contribution < 1.29 is 4.79 Å². The Labute approximate surface area is 133 Å². The van der Waals surface area contributed by atoms with E-state index < -0.39 is 0 Å². The summed E-state index contributed by atoms with van der Waals surface area (Å²) in [4.78, 5) is 30.4. The molecular formula is C16H16ClN3O2. The van der Waals surface area contributed by atoms with E-state index in [1.165, 1.54) is 10.9 Å². The minimum absolute atomic E-state index is 0.0873. The zero-order valence-corrected chi connectivity index (χ0v) is 12.8. The van der Waals surface area contributed by atoms with E-state index in [0.717, 1.165) is 0 Å². The fourth-order valence-electron chi connectivity index (χ4n) is 2.08. The number of benzene rings is 1. The number of aromatic nitrogens is 2. The number of carbonyl (C=O) groups is 1. The van der Waals surface area contributed by atoms with Gasteiger partial charge in [-0.15, -0.1) is 13.2 Å². The van der Waals surface area contributed by atoms with Gasteiger partial charge in [0.15, 0.2) is 0 Å². The van der Waals surface area contributed by atoms with Gasteiger partial charge in [0.25, 0.3) is 5.56 Å². The van der Waals surface area contributed by atoms with Gasteiger partial charge in [0.2, 0.25) is 5.91 Å². The van der Waals surface area contributed by atoms with Crippen molar-refractivity contribution in [3.8, 4) is 0 Å². The van der Waals surface area contributed by atoms with Crippen LogP contribution in [-0.4, -0.2) is 33.4 Å². The van der Waals surface area contributed by atoms with Crippen LogP contribution in [0.1, 0.15) is 0 Å². The van der Waals surface area contributed by atoms with Crippen LogP contribution in [0.4, 0.5) is 0 Å². The molecule has 0 bridgehead atoms. The van der Waals surface area contributed by atoms with Crippen LogP contribution in [-0.2, 0) is 11.3 Å². The van der Waals surface area contributed by atoms with Crippen molar-refractivity contribution in [2.45, 2.75) is 6.54 Å².